The lowest BCUT2D eigenvalue weighted by molar-refractivity contribution is 0.0723. The summed E-state index contributed by atoms with van der Waals surface area (Å²) in [6, 6.07) is 3.39. The van der Waals surface area contributed by atoms with Crippen LogP contribution < -0.4 is 5.73 Å². The zero-order chi connectivity index (χ0) is 13.2. The van der Waals surface area contributed by atoms with Crippen LogP contribution in [-0.2, 0) is 14.6 Å². The van der Waals surface area contributed by atoms with E-state index in [9.17, 15) is 12.8 Å². The van der Waals surface area contributed by atoms with Crippen molar-refractivity contribution < 1.29 is 17.5 Å². The van der Waals surface area contributed by atoms with Crippen LogP contribution in [0.1, 0.15) is 12.8 Å². The number of halogens is 1. The zero-order valence-electron chi connectivity index (χ0n) is 9.93. The Morgan fingerprint density at radius 1 is 1.33 bits per heavy atom. The van der Waals surface area contributed by atoms with E-state index in [-0.39, 0.29) is 22.3 Å². The van der Waals surface area contributed by atoms with Gasteiger partial charge in [-0.05, 0) is 37.0 Å². The summed E-state index contributed by atoms with van der Waals surface area (Å²) >= 11 is 0. The number of rotatable bonds is 3. The Morgan fingerprint density at radius 2 is 2.00 bits per heavy atom. The third kappa shape index (κ3) is 3.00. The minimum atomic E-state index is -3.45. The van der Waals surface area contributed by atoms with Crippen molar-refractivity contribution in [2.45, 2.75) is 17.7 Å². The van der Waals surface area contributed by atoms with Gasteiger partial charge in [0, 0.05) is 13.2 Å². The molecule has 0 spiro atoms. The van der Waals surface area contributed by atoms with Crippen molar-refractivity contribution in [1.29, 1.82) is 0 Å². The molecule has 2 rings (SSSR count). The van der Waals surface area contributed by atoms with Crippen LogP contribution in [0.25, 0.3) is 0 Å². The first kappa shape index (κ1) is 13.3. The van der Waals surface area contributed by atoms with Gasteiger partial charge >= 0.3 is 0 Å². The van der Waals surface area contributed by atoms with E-state index in [1.165, 1.54) is 6.07 Å². The minimum Gasteiger partial charge on any atom is -0.398 e. The van der Waals surface area contributed by atoms with Crippen LogP contribution in [0.3, 0.4) is 0 Å². The van der Waals surface area contributed by atoms with E-state index in [4.69, 9.17) is 10.5 Å². The molecule has 100 valence electrons. The SMILES string of the molecule is Nc1cc(F)ccc1S(=O)(=O)CC1CCOCC1. The third-order valence-corrected chi connectivity index (χ3v) is 5.06. The van der Waals surface area contributed by atoms with Crippen LogP contribution in [0.4, 0.5) is 10.1 Å². The lowest BCUT2D eigenvalue weighted by Crippen LogP contribution is -2.24. The largest absolute Gasteiger partial charge is 0.398 e. The molecule has 0 atom stereocenters. The van der Waals surface area contributed by atoms with E-state index >= 15 is 0 Å². The van der Waals surface area contributed by atoms with E-state index < -0.39 is 15.7 Å². The molecule has 1 aliphatic rings. The summed E-state index contributed by atoms with van der Waals surface area (Å²) in [4.78, 5) is 0.0235. The number of nitrogen functional groups attached to an aromatic ring is 1. The Morgan fingerprint density at radius 3 is 2.61 bits per heavy atom. The fourth-order valence-corrected chi connectivity index (χ4v) is 3.94. The monoisotopic (exact) mass is 273 g/mol. The smallest absolute Gasteiger partial charge is 0.180 e. The quantitative estimate of drug-likeness (QED) is 0.671. The highest BCUT2D eigenvalue weighted by atomic mass is 32.2. The average Bonchev–Trinajstić information content (AvgIpc) is 2.29. The van der Waals surface area contributed by atoms with Crippen LogP contribution in [0.15, 0.2) is 23.1 Å². The number of anilines is 1. The van der Waals surface area contributed by atoms with Gasteiger partial charge in [-0.15, -0.1) is 0 Å². The van der Waals surface area contributed by atoms with Crippen LogP contribution in [0, 0.1) is 11.7 Å². The number of hydrogen-bond donors (Lipinski definition) is 1. The molecule has 18 heavy (non-hydrogen) atoms. The van der Waals surface area contributed by atoms with E-state index in [0.717, 1.165) is 25.0 Å². The Hall–Kier alpha value is -1.14. The summed E-state index contributed by atoms with van der Waals surface area (Å²) in [7, 11) is -3.45. The molecule has 4 nitrogen and oxygen atoms in total. The molecule has 1 saturated heterocycles. The molecule has 0 radical (unpaired) electrons. The molecule has 1 aromatic rings. The van der Waals surface area contributed by atoms with Gasteiger partial charge in [-0.3, -0.25) is 0 Å². The molecule has 6 heteroatoms. The van der Waals surface area contributed by atoms with Gasteiger partial charge in [-0.25, -0.2) is 12.8 Å². The standard InChI is InChI=1S/C12H16FNO3S/c13-10-1-2-12(11(14)7-10)18(15,16)8-9-3-5-17-6-4-9/h1-2,7,9H,3-6,8,14H2. The van der Waals surface area contributed by atoms with Gasteiger partial charge in [0.15, 0.2) is 9.84 Å². The number of sulfone groups is 1. The first-order valence-electron chi connectivity index (χ1n) is 5.84. The van der Waals surface area contributed by atoms with Crippen molar-refractivity contribution in [2.75, 3.05) is 24.7 Å². The van der Waals surface area contributed by atoms with Crippen molar-refractivity contribution in [3.63, 3.8) is 0 Å². The van der Waals surface area contributed by atoms with Crippen LogP contribution in [0.5, 0.6) is 0 Å². The van der Waals surface area contributed by atoms with E-state index in [1.807, 2.05) is 0 Å². The summed E-state index contributed by atoms with van der Waals surface area (Å²) in [6.07, 6.45) is 1.47. The molecule has 1 aliphatic heterocycles. The van der Waals surface area contributed by atoms with Gasteiger partial charge < -0.3 is 10.5 Å². The molecule has 2 N–H and O–H groups in total. The first-order chi connectivity index (χ1) is 8.49. The number of nitrogens with two attached hydrogens (primary N) is 1. The Kier molecular flexibility index (Phi) is 3.87. The van der Waals surface area contributed by atoms with Gasteiger partial charge in [0.05, 0.1) is 16.3 Å². The van der Waals surface area contributed by atoms with Gasteiger partial charge in [0.2, 0.25) is 0 Å². The molecule has 1 heterocycles. The molecular formula is C12H16FNO3S. The summed E-state index contributed by atoms with van der Waals surface area (Å²) < 4.78 is 42.5. The molecule has 0 amide bonds. The second-order valence-corrected chi connectivity index (χ2v) is 6.52. The highest BCUT2D eigenvalue weighted by Gasteiger charge is 2.25. The molecule has 0 aromatic heterocycles. The normalized spacial score (nSPS) is 17.8. The molecule has 1 fully saturated rings. The van der Waals surface area contributed by atoms with Crippen LogP contribution >= 0.6 is 0 Å². The highest BCUT2D eigenvalue weighted by molar-refractivity contribution is 7.91. The maximum Gasteiger partial charge on any atom is 0.180 e. The van der Waals surface area contributed by atoms with Crippen molar-refractivity contribution in [3.8, 4) is 0 Å². The molecule has 1 aromatic carbocycles. The van der Waals surface area contributed by atoms with Crippen molar-refractivity contribution in [3.05, 3.63) is 24.0 Å². The second kappa shape index (κ2) is 5.24. The van der Waals surface area contributed by atoms with Crippen molar-refractivity contribution in [2.24, 2.45) is 5.92 Å². The van der Waals surface area contributed by atoms with E-state index in [0.29, 0.717) is 13.2 Å². The van der Waals surface area contributed by atoms with Gasteiger partial charge in [0.1, 0.15) is 5.82 Å². The fourth-order valence-electron chi connectivity index (χ4n) is 2.12. The lowest BCUT2D eigenvalue weighted by Gasteiger charge is -2.22. The predicted octanol–water partition coefficient (Wildman–Crippen LogP) is 1.61. The van der Waals surface area contributed by atoms with Crippen molar-refractivity contribution in [1.82, 2.24) is 0 Å². The molecular weight excluding hydrogens is 257 g/mol. The van der Waals surface area contributed by atoms with Crippen LogP contribution in [0.2, 0.25) is 0 Å². The zero-order valence-corrected chi connectivity index (χ0v) is 10.7. The predicted molar refractivity (Wildman–Crippen MR) is 66.4 cm³/mol. The van der Waals surface area contributed by atoms with Crippen molar-refractivity contribution >= 4 is 15.5 Å². The fraction of sp³-hybridized carbons (Fsp3) is 0.500. The topological polar surface area (TPSA) is 69.4 Å². The lowest BCUT2D eigenvalue weighted by atomic mass is 10.0. The molecule has 0 unspecified atom stereocenters. The molecule has 0 aliphatic carbocycles. The maximum atomic E-state index is 12.9. The Bertz CT molecular complexity index is 524. The highest BCUT2D eigenvalue weighted by Crippen LogP contribution is 2.25. The Balaban J connectivity index is 2.19. The number of ether oxygens (including phenoxy) is 1. The summed E-state index contributed by atoms with van der Waals surface area (Å²) in [6.45, 7) is 1.19. The second-order valence-electron chi connectivity index (χ2n) is 4.52. The van der Waals surface area contributed by atoms with E-state index in [1.54, 1.807) is 0 Å². The van der Waals surface area contributed by atoms with E-state index in [2.05, 4.69) is 0 Å². The summed E-state index contributed by atoms with van der Waals surface area (Å²) in [5, 5.41) is 0. The number of benzene rings is 1. The summed E-state index contributed by atoms with van der Waals surface area (Å²) in [5.74, 6) is -0.391. The van der Waals surface area contributed by atoms with Crippen LogP contribution in [-0.4, -0.2) is 27.4 Å². The molecule has 0 saturated carbocycles. The average molecular weight is 273 g/mol. The first-order valence-corrected chi connectivity index (χ1v) is 7.50. The van der Waals surface area contributed by atoms with Gasteiger partial charge in [-0.1, -0.05) is 0 Å². The number of hydrogen-bond acceptors (Lipinski definition) is 4. The van der Waals surface area contributed by atoms with Gasteiger partial charge in [0.25, 0.3) is 0 Å². The minimum absolute atomic E-state index is 0.0235. The maximum absolute atomic E-state index is 12.9. The molecule has 0 bridgehead atoms. The third-order valence-electron chi connectivity index (χ3n) is 3.10. The van der Waals surface area contributed by atoms with Gasteiger partial charge in [-0.2, -0.15) is 0 Å². The Labute approximate surface area is 106 Å². The summed E-state index contributed by atoms with van der Waals surface area (Å²) in [5.41, 5.74) is 5.54.